The normalized spacial score (nSPS) is 14.7. The molecule has 0 saturated heterocycles. The smallest absolute Gasteiger partial charge is 0.325 e. The molecule has 2 atom stereocenters. The standard InChI is InChI=1S/C9H12N2O3/c10-7(8(11-14)9(12)13)6-4-2-1-3-5-6/h1-5,7-8,11,14H,10H2,(H,12,13)/t7?,8-/m0/s1. The fraction of sp³-hybridized carbons (Fsp3) is 0.222. The van der Waals surface area contributed by atoms with Crippen LogP contribution >= 0.6 is 0 Å². The van der Waals surface area contributed by atoms with Gasteiger partial charge in [0.15, 0.2) is 0 Å². The average molecular weight is 196 g/mol. The lowest BCUT2D eigenvalue weighted by Crippen LogP contribution is -2.43. The van der Waals surface area contributed by atoms with Crippen molar-refractivity contribution in [2.75, 3.05) is 0 Å². The Morgan fingerprint density at radius 2 is 1.93 bits per heavy atom. The highest BCUT2D eigenvalue weighted by molar-refractivity contribution is 5.74. The maximum absolute atomic E-state index is 10.6. The number of nitrogens with one attached hydrogen (secondary N) is 1. The van der Waals surface area contributed by atoms with E-state index in [-0.39, 0.29) is 0 Å². The van der Waals surface area contributed by atoms with Crippen molar-refractivity contribution >= 4 is 5.97 Å². The summed E-state index contributed by atoms with van der Waals surface area (Å²) in [5.74, 6) is -1.19. The van der Waals surface area contributed by atoms with Crippen LogP contribution < -0.4 is 11.2 Å². The number of carboxylic acid groups (broad SMARTS) is 1. The fourth-order valence-electron chi connectivity index (χ4n) is 1.16. The largest absolute Gasteiger partial charge is 0.480 e. The number of hydrogen-bond donors (Lipinski definition) is 4. The zero-order chi connectivity index (χ0) is 10.6. The molecule has 1 aromatic carbocycles. The van der Waals surface area contributed by atoms with Gasteiger partial charge in [-0.15, -0.1) is 0 Å². The van der Waals surface area contributed by atoms with E-state index in [2.05, 4.69) is 0 Å². The molecule has 0 aliphatic carbocycles. The van der Waals surface area contributed by atoms with E-state index in [1.807, 2.05) is 0 Å². The summed E-state index contributed by atoms with van der Waals surface area (Å²) >= 11 is 0. The van der Waals surface area contributed by atoms with Crippen LogP contribution in [0.1, 0.15) is 11.6 Å². The Hall–Kier alpha value is -1.43. The van der Waals surface area contributed by atoms with E-state index >= 15 is 0 Å². The van der Waals surface area contributed by atoms with E-state index in [4.69, 9.17) is 16.0 Å². The van der Waals surface area contributed by atoms with Crippen molar-refractivity contribution in [1.82, 2.24) is 5.48 Å². The Balaban J connectivity index is 2.83. The second kappa shape index (κ2) is 4.71. The molecule has 0 heterocycles. The molecule has 0 saturated carbocycles. The van der Waals surface area contributed by atoms with Gasteiger partial charge in [0, 0.05) is 0 Å². The summed E-state index contributed by atoms with van der Waals surface area (Å²) in [5, 5.41) is 17.3. The van der Waals surface area contributed by atoms with E-state index in [0.717, 1.165) is 0 Å². The Kier molecular flexibility index (Phi) is 3.58. The first-order valence-corrected chi connectivity index (χ1v) is 4.09. The van der Waals surface area contributed by atoms with Gasteiger partial charge in [0.05, 0.1) is 6.04 Å². The number of carboxylic acids is 1. The van der Waals surface area contributed by atoms with Crippen LogP contribution in [-0.2, 0) is 4.79 Å². The maximum Gasteiger partial charge on any atom is 0.325 e. The van der Waals surface area contributed by atoms with Crippen LogP contribution in [0.3, 0.4) is 0 Å². The van der Waals surface area contributed by atoms with Crippen molar-refractivity contribution in [3.8, 4) is 0 Å². The number of hydroxylamine groups is 1. The molecule has 0 aromatic heterocycles. The Morgan fingerprint density at radius 3 is 2.36 bits per heavy atom. The minimum Gasteiger partial charge on any atom is -0.480 e. The van der Waals surface area contributed by atoms with Gasteiger partial charge < -0.3 is 16.0 Å². The molecule has 5 heteroatoms. The van der Waals surface area contributed by atoms with Crippen molar-refractivity contribution in [2.24, 2.45) is 5.73 Å². The molecular formula is C9H12N2O3. The summed E-state index contributed by atoms with van der Waals surface area (Å²) in [6, 6.07) is 6.75. The fourth-order valence-corrected chi connectivity index (χ4v) is 1.16. The first kappa shape index (κ1) is 10.6. The summed E-state index contributed by atoms with van der Waals surface area (Å²) < 4.78 is 0. The molecule has 5 N–H and O–H groups in total. The molecule has 0 spiro atoms. The molecule has 0 amide bonds. The monoisotopic (exact) mass is 196 g/mol. The molecule has 76 valence electrons. The SMILES string of the molecule is NC(c1ccccc1)[C@H](NO)C(=O)O. The third kappa shape index (κ3) is 2.29. The van der Waals surface area contributed by atoms with Crippen molar-refractivity contribution in [3.05, 3.63) is 35.9 Å². The lowest BCUT2D eigenvalue weighted by molar-refractivity contribution is -0.143. The van der Waals surface area contributed by atoms with Gasteiger partial charge in [-0.2, -0.15) is 5.48 Å². The molecule has 5 nitrogen and oxygen atoms in total. The predicted molar refractivity (Wildman–Crippen MR) is 49.7 cm³/mol. The van der Waals surface area contributed by atoms with Crippen molar-refractivity contribution in [1.29, 1.82) is 0 Å². The van der Waals surface area contributed by atoms with Crippen LogP contribution in [-0.4, -0.2) is 22.3 Å². The van der Waals surface area contributed by atoms with E-state index in [9.17, 15) is 4.79 Å². The average Bonchev–Trinajstić information content (AvgIpc) is 2.19. The molecular weight excluding hydrogens is 184 g/mol. The molecule has 0 bridgehead atoms. The second-order valence-electron chi connectivity index (χ2n) is 2.88. The number of rotatable bonds is 4. The molecule has 0 aliphatic heterocycles. The van der Waals surface area contributed by atoms with Crippen LogP contribution in [0.15, 0.2) is 30.3 Å². The molecule has 0 aliphatic rings. The zero-order valence-electron chi connectivity index (χ0n) is 7.42. The molecule has 14 heavy (non-hydrogen) atoms. The summed E-state index contributed by atoms with van der Waals surface area (Å²) in [7, 11) is 0. The first-order chi connectivity index (χ1) is 6.66. The van der Waals surface area contributed by atoms with Gasteiger partial charge in [-0.3, -0.25) is 4.79 Å². The molecule has 0 radical (unpaired) electrons. The van der Waals surface area contributed by atoms with Crippen LogP contribution in [0.2, 0.25) is 0 Å². The third-order valence-corrected chi connectivity index (χ3v) is 1.95. The maximum atomic E-state index is 10.6. The van der Waals surface area contributed by atoms with Crippen molar-refractivity contribution in [3.63, 3.8) is 0 Å². The Labute approximate surface area is 81.1 Å². The zero-order valence-corrected chi connectivity index (χ0v) is 7.42. The van der Waals surface area contributed by atoms with Gasteiger partial charge in [-0.25, -0.2) is 0 Å². The lowest BCUT2D eigenvalue weighted by Gasteiger charge is -2.18. The number of carbonyl (C=O) groups is 1. The molecule has 0 fully saturated rings. The van der Waals surface area contributed by atoms with E-state index < -0.39 is 18.1 Å². The minimum absolute atomic E-state index is 0.654. The molecule has 1 rings (SSSR count). The van der Waals surface area contributed by atoms with Crippen molar-refractivity contribution < 1.29 is 15.1 Å². The highest BCUT2D eigenvalue weighted by Crippen LogP contribution is 2.13. The summed E-state index contributed by atoms with van der Waals surface area (Å²) in [6.45, 7) is 0. The highest BCUT2D eigenvalue weighted by atomic mass is 16.5. The highest BCUT2D eigenvalue weighted by Gasteiger charge is 2.25. The van der Waals surface area contributed by atoms with Gasteiger partial charge in [0.1, 0.15) is 6.04 Å². The van der Waals surface area contributed by atoms with Gasteiger partial charge in [0.2, 0.25) is 0 Å². The Morgan fingerprint density at radius 1 is 1.36 bits per heavy atom. The summed E-state index contributed by atoms with van der Waals surface area (Å²) in [5.41, 5.74) is 7.98. The predicted octanol–water partition coefficient (Wildman–Crippen LogP) is 0.118. The summed E-state index contributed by atoms with van der Waals surface area (Å²) in [6.07, 6.45) is 0. The minimum atomic E-state index is -1.20. The van der Waals surface area contributed by atoms with Gasteiger partial charge in [-0.05, 0) is 5.56 Å². The number of benzene rings is 1. The van der Waals surface area contributed by atoms with Gasteiger partial charge in [-0.1, -0.05) is 30.3 Å². The third-order valence-electron chi connectivity index (χ3n) is 1.95. The topological polar surface area (TPSA) is 95.6 Å². The van der Waals surface area contributed by atoms with Crippen LogP contribution in [0.5, 0.6) is 0 Å². The molecule has 1 unspecified atom stereocenters. The molecule has 1 aromatic rings. The Bertz CT molecular complexity index is 302. The summed E-state index contributed by atoms with van der Waals surface area (Å²) in [4.78, 5) is 10.6. The van der Waals surface area contributed by atoms with Crippen molar-refractivity contribution in [2.45, 2.75) is 12.1 Å². The van der Waals surface area contributed by atoms with Gasteiger partial charge in [0.25, 0.3) is 0 Å². The van der Waals surface area contributed by atoms with Gasteiger partial charge >= 0.3 is 5.97 Å². The van der Waals surface area contributed by atoms with E-state index in [0.29, 0.717) is 5.56 Å². The van der Waals surface area contributed by atoms with E-state index in [1.54, 1.807) is 35.8 Å². The lowest BCUT2D eigenvalue weighted by atomic mass is 10.0. The second-order valence-corrected chi connectivity index (χ2v) is 2.88. The quantitative estimate of drug-likeness (QED) is 0.513. The van der Waals surface area contributed by atoms with Crippen LogP contribution in [0, 0.1) is 0 Å². The number of nitrogens with two attached hydrogens (primary N) is 1. The van der Waals surface area contributed by atoms with Crippen LogP contribution in [0.4, 0.5) is 0 Å². The first-order valence-electron chi connectivity index (χ1n) is 4.09. The number of hydrogen-bond acceptors (Lipinski definition) is 4. The number of aliphatic carboxylic acids is 1. The van der Waals surface area contributed by atoms with Crippen LogP contribution in [0.25, 0.3) is 0 Å². The van der Waals surface area contributed by atoms with E-state index in [1.165, 1.54) is 0 Å².